The molecule has 0 radical (unpaired) electrons. The van der Waals surface area contributed by atoms with E-state index in [1.54, 1.807) is 56.0 Å². The van der Waals surface area contributed by atoms with Gasteiger partial charge in [0.1, 0.15) is 21.9 Å². The number of pyridine rings is 1. The number of nitrogens with one attached hydrogen (secondary N) is 3. The number of nitrogens with zero attached hydrogens (tertiary/aromatic N) is 6. The summed E-state index contributed by atoms with van der Waals surface area (Å²) in [7, 11) is -2.03. The van der Waals surface area contributed by atoms with Gasteiger partial charge in [0.05, 0.1) is 39.6 Å². The molecule has 6 aromatic rings. The van der Waals surface area contributed by atoms with Crippen molar-refractivity contribution in [1.82, 2.24) is 33.8 Å². The number of carbonyl (C=O) groups excluding carboxylic acids is 2. The lowest BCUT2D eigenvalue weighted by molar-refractivity contribution is -0.144. The van der Waals surface area contributed by atoms with E-state index in [9.17, 15) is 50.4 Å². The fraction of sp³-hybridized carbons (Fsp3) is 0.220. The molecule has 2 amide bonds. The Bertz CT molecular complexity index is 3140. The largest absolute Gasteiger partial charge is 0.480 e. The fourth-order valence-corrected chi connectivity index (χ4v) is 7.01. The first-order valence-corrected chi connectivity index (χ1v) is 21.6. The van der Waals surface area contributed by atoms with Crippen LogP contribution < -0.4 is 36.1 Å². The standard InChI is InChI=1S/C16H14ClF3N2O4.C14H16N6O6S.C11H8ClNO3/c1-8(2)26-14(24)10-6-9(4-5-11(10)17)22-13(23)7-12(16(18,19)20)21(3)15(22)25;1-3-26-14-18-11(15-2)16-12(19-14)17-13(23)20-27(24,25)9-7-5-4-6-8(9)10(21)22;12-8-3-4-9(16-6-10(14)15)11-7(8)2-1-5-13-11/h4-8H,1-3H3;4-7H,3H2,1-2H3,(H,21,22)(H3,15,16,17,18,19,20,23);1-5H,6H2,(H,14,15). The maximum Gasteiger partial charge on any atom is 0.431 e. The zero-order chi connectivity index (χ0) is 51.4. The first kappa shape index (κ1) is 53.8. The molecule has 0 spiro atoms. The molecule has 0 aliphatic carbocycles. The molecule has 0 fully saturated rings. The number of amides is 2. The molecule has 22 nitrogen and oxygen atoms in total. The van der Waals surface area contributed by atoms with E-state index in [0.717, 1.165) is 30.6 Å². The second-order valence-corrected chi connectivity index (χ2v) is 16.1. The third kappa shape index (κ3) is 14.3. The van der Waals surface area contributed by atoms with Gasteiger partial charge < -0.3 is 29.7 Å². The molecular weight excluding hydrogens is 986 g/mol. The summed E-state index contributed by atoms with van der Waals surface area (Å²) in [6.45, 7) is 4.80. The van der Waals surface area contributed by atoms with Crippen molar-refractivity contribution in [1.29, 1.82) is 0 Å². The summed E-state index contributed by atoms with van der Waals surface area (Å²) in [5, 5.41) is 23.7. The number of urea groups is 1. The number of hydrogen-bond acceptors (Lipinski definition) is 16. The number of fused-ring (bicyclic) bond motifs is 1. The van der Waals surface area contributed by atoms with Gasteiger partial charge in [-0.05, 0) is 75.4 Å². The van der Waals surface area contributed by atoms with Crippen LogP contribution in [0, 0.1) is 0 Å². The first-order chi connectivity index (χ1) is 32.4. The lowest BCUT2D eigenvalue weighted by Crippen LogP contribution is -2.40. The van der Waals surface area contributed by atoms with E-state index in [4.69, 9.17) is 47.6 Å². The molecule has 0 unspecified atom stereocenters. The Morgan fingerprint density at radius 2 is 1.54 bits per heavy atom. The highest BCUT2D eigenvalue weighted by molar-refractivity contribution is 7.90. The Hall–Kier alpha value is -7.84. The minimum Gasteiger partial charge on any atom is -0.480 e. The van der Waals surface area contributed by atoms with Gasteiger partial charge >= 0.3 is 41.8 Å². The molecule has 3 aromatic carbocycles. The maximum absolute atomic E-state index is 12.9. The van der Waals surface area contributed by atoms with Gasteiger partial charge in [-0.15, -0.1) is 0 Å². The molecule has 69 heavy (non-hydrogen) atoms. The van der Waals surface area contributed by atoms with Crippen molar-refractivity contribution in [2.24, 2.45) is 7.05 Å². The second kappa shape index (κ2) is 23.3. The Morgan fingerprint density at radius 3 is 2.16 bits per heavy atom. The normalized spacial score (nSPS) is 11.0. The summed E-state index contributed by atoms with van der Waals surface area (Å²) in [5.41, 5.74) is -3.92. The number of esters is 1. The van der Waals surface area contributed by atoms with Gasteiger partial charge in [-0.2, -0.15) is 28.1 Å². The summed E-state index contributed by atoms with van der Waals surface area (Å²) >= 11 is 11.9. The van der Waals surface area contributed by atoms with E-state index in [-0.39, 0.29) is 40.8 Å². The number of sulfonamides is 1. The quantitative estimate of drug-likeness (QED) is 0.0874. The fourth-order valence-electron chi connectivity index (χ4n) is 5.49. The van der Waals surface area contributed by atoms with Gasteiger partial charge in [0.25, 0.3) is 15.6 Å². The number of hydrogen-bond donors (Lipinski definition) is 5. The molecule has 0 aliphatic rings. The van der Waals surface area contributed by atoms with Gasteiger partial charge in [0.2, 0.25) is 11.9 Å². The molecule has 0 aliphatic heterocycles. The number of carboxylic acid groups (broad SMARTS) is 2. The van der Waals surface area contributed by atoms with Crippen LogP contribution >= 0.6 is 23.2 Å². The lowest BCUT2D eigenvalue weighted by atomic mass is 10.2. The van der Waals surface area contributed by atoms with Crippen molar-refractivity contribution in [3.05, 3.63) is 127 Å². The van der Waals surface area contributed by atoms with Crippen molar-refractivity contribution in [3.63, 3.8) is 0 Å². The van der Waals surface area contributed by atoms with E-state index in [0.29, 0.717) is 31.5 Å². The predicted octanol–water partition coefficient (Wildman–Crippen LogP) is 5.65. The number of anilines is 2. The third-order valence-electron chi connectivity index (χ3n) is 8.38. The zero-order valence-electron chi connectivity index (χ0n) is 36.4. The molecule has 0 saturated heterocycles. The van der Waals surface area contributed by atoms with Crippen LogP contribution in [0.3, 0.4) is 0 Å². The molecular formula is C41H38Cl2F3N9O13S. The molecule has 3 heterocycles. The summed E-state index contributed by atoms with van der Waals surface area (Å²) in [4.78, 5) is 85.2. The van der Waals surface area contributed by atoms with E-state index < -0.39 is 80.3 Å². The van der Waals surface area contributed by atoms with Crippen molar-refractivity contribution in [2.75, 3.05) is 30.9 Å². The van der Waals surface area contributed by atoms with Crippen LogP contribution in [0.2, 0.25) is 10.0 Å². The SMILES string of the molecule is CC(C)OC(=O)c1cc(-n2c(=O)cc(C(F)(F)F)n(C)c2=O)ccc1Cl.CCOc1nc(NC)nc(NC(=O)NS(=O)(=O)c2ccccc2C(=O)O)n1.O=C(O)COc1ccc(Cl)c2cccnc12. The first-order valence-electron chi connectivity index (χ1n) is 19.4. The van der Waals surface area contributed by atoms with Crippen LogP contribution in [0.4, 0.5) is 29.9 Å². The zero-order valence-corrected chi connectivity index (χ0v) is 38.7. The number of halogens is 5. The van der Waals surface area contributed by atoms with E-state index >= 15 is 0 Å². The average Bonchev–Trinajstić information content (AvgIpc) is 3.27. The topological polar surface area (TPSA) is 302 Å². The van der Waals surface area contributed by atoms with E-state index in [2.05, 4.69) is 30.6 Å². The second-order valence-electron chi connectivity index (χ2n) is 13.6. The molecule has 6 rings (SSSR count). The molecule has 5 N–H and O–H groups in total. The van der Waals surface area contributed by atoms with Crippen molar-refractivity contribution < 1.29 is 65.2 Å². The van der Waals surface area contributed by atoms with Gasteiger partial charge in [-0.3, -0.25) is 19.7 Å². The summed E-state index contributed by atoms with van der Waals surface area (Å²) in [6.07, 6.45) is -3.70. The number of aromatic carboxylic acids is 1. The number of carbonyl (C=O) groups is 4. The Morgan fingerprint density at radius 1 is 0.870 bits per heavy atom. The van der Waals surface area contributed by atoms with Crippen LogP contribution in [-0.2, 0) is 32.8 Å². The monoisotopic (exact) mass is 1020 g/mol. The highest BCUT2D eigenvalue weighted by atomic mass is 35.5. The molecule has 28 heteroatoms. The summed E-state index contributed by atoms with van der Waals surface area (Å²) in [5.74, 6) is -3.03. The van der Waals surface area contributed by atoms with Crippen molar-refractivity contribution >= 4 is 80.0 Å². The number of carboxylic acids is 2. The number of alkyl halides is 3. The predicted molar refractivity (Wildman–Crippen MR) is 241 cm³/mol. The Labute approximate surface area is 397 Å². The number of ether oxygens (including phenoxy) is 3. The summed E-state index contributed by atoms with van der Waals surface area (Å²) in [6, 6.07) is 14.3. The highest BCUT2D eigenvalue weighted by Gasteiger charge is 2.35. The third-order valence-corrected chi connectivity index (χ3v) is 10.4. The van der Waals surface area contributed by atoms with Crippen LogP contribution in [0.5, 0.6) is 11.8 Å². The molecule has 0 saturated carbocycles. The Kier molecular flexibility index (Phi) is 18.1. The van der Waals surface area contributed by atoms with Crippen molar-refractivity contribution in [3.8, 4) is 17.4 Å². The molecule has 3 aromatic heterocycles. The molecule has 0 bridgehead atoms. The Balaban J connectivity index is 0.000000233. The van der Waals surface area contributed by atoms with Crippen molar-refractivity contribution in [2.45, 2.75) is 37.9 Å². The van der Waals surface area contributed by atoms with Crippen LogP contribution in [0.15, 0.2) is 93.5 Å². The highest BCUT2D eigenvalue weighted by Crippen LogP contribution is 2.30. The van der Waals surface area contributed by atoms with Gasteiger partial charge in [-0.1, -0.05) is 35.3 Å². The van der Waals surface area contributed by atoms with Crippen LogP contribution in [0.25, 0.3) is 16.6 Å². The number of aromatic nitrogens is 6. The number of rotatable bonds is 13. The van der Waals surface area contributed by atoms with Gasteiger partial charge in [-0.25, -0.2) is 41.7 Å². The molecule has 366 valence electrons. The number of aliphatic carboxylic acids is 1. The van der Waals surface area contributed by atoms with Gasteiger partial charge in [0.15, 0.2) is 6.61 Å². The van der Waals surface area contributed by atoms with E-state index in [1.807, 2.05) is 0 Å². The minimum atomic E-state index is -4.86. The van der Waals surface area contributed by atoms with Gasteiger partial charge in [0, 0.05) is 31.7 Å². The minimum absolute atomic E-state index is 0.0104. The van der Waals surface area contributed by atoms with Crippen LogP contribution in [0.1, 0.15) is 47.2 Å². The molecule has 0 atom stereocenters. The summed E-state index contributed by atoms with van der Waals surface area (Å²) < 4.78 is 81.1. The smallest absolute Gasteiger partial charge is 0.431 e. The van der Waals surface area contributed by atoms with Crippen LogP contribution in [-0.4, -0.2) is 98.0 Å². The number of benzene rings is 3. The lowest BCUT2D eigenvalue weighted by Gasteiger charge is -2.15. The van der Waals surface area contributed by atoms with E-state index in [1.165, 1.54) is 31.3 Å². The maximum atomic E-state index is 12.9. The average molecular weight is 1020 g/mol.